The van der Waals surface area contributed by atoms with E-state index in [0.29, 0.717) is 0 Å². The van der Waals surface area contributed by atoms with E-state index in [9.17, 15) is 0 Å². The van der Waals surface area contributed by atoms with Crippen LogP contribution in [0.4, 0.5) is 0 Å². The maximum atomic E-state index is 5.17. The molecule has 0 aliphatic heterocycles. The van der Waals surface area contributed by atoms with Gasteiger partial charge in [0.1, 0.15) is 0 Å². The van der Waals surface area contributed by atoms with E-state index in [1.165, 1.54) is 43.2 Å². The standard InChI is InChI=1S/C43H26N4/c1-2-13-40-33(8-1)35-26-44-25-24-41(35)47(40)31-20-16-27(17-21-31)36-9-4-11-38(45-36)39-12-5-10-37(46-39)32-22-18-30-15-14-28-6-3-7-29-19-23-34(32)43(30)42(28)29/h1-26H. The molecule has 10 aromatic rings. The van der Waals surface area contributed by atoms with Gasteiger partial charge in [-0.05, 0) is 80.8 Å². The Morgan fingerprint density at radius 3 is 1.87 bits per heavy atom. The fourth-order valence-corrected chi connectivity index (χ4v) is 7.30. The molecule has 47 heavy (non-hydrogen) atoms. The van der Waals surface area contributed by atoms with Crippen molar-refractivity contribution in [1.82, 2.24) is 19.5 Å². The van der Waals surface area contributed by atoms with E-state index in [-0.39, 0.29) is 0 Å². The van der Waals surface area contributed by atoms with Crippen LogP contribution in [0.5, 0.6) is 0 Å². The van der Waals surface area contributed by atoms with E-state index in [4.69, 9.17) is 9.97 Å². The second-order valence-corrected chi connectivity index (χ2v) is 12.1. The molecule has 0 aliphatic carbocycles. The summed E-state index contributed by atoms with van der Waals surface area (Å²) in [5, 5.41) is 9.96. The van der Waals surface area contributed by atoms with Crippen LogP contribution in [0.1, 0.15) is 0 Å². The van der Waals surface area contributed by atoms with Gasteiger partial charge in [0.15, 0.2) is 0 Å². The van der Waals surface area contributed by atoms with Gasteiger partial charge in [0.2, 0.25) is 0 Å². The SMILES string of the molecule is c1cc(-c2ccc(-n3c4ccccc4c4cnccc43)cc2)nc(-c2cccc(-c3ccc4ccc5cccc6ccc3c4c56)n2)c1. The van der Waals surface area contributed by atoms with Crippen LogP contribution < -0.4 is 0 Å². The minimum Gasteiger partial charge on any atom is -0.309 e. The normalized spacial score (nSPS) is 11.8. The molecule has 0 saturated heterocycles. The summed E-state index contributed by atoms with van der Waals surface area (Å²) in [5.41, 5.74) is 9.15. The number of hydrogen-bond donors (Lipinski definition) is 0. The fourth-order valence-electron chi connectivity index (χ4n) is 7.30. The van der Waals surface area contributed by atoms with Gasteiger partial charge >= 0.3 is 0 Å². The van der Waals surface area contributed by atoms with Crippen LogP contribution in [0.2, 0.25) is 0 Å². The quantitative estimate of drug-likeness (QED) is 0.189. The van der Waals surface area contributed by atoms with Crippen molar-refractivity contribution in [2.75, 3.05) is 0 Å². The summed E-state index contributed by atoms with van der Waals surface area (Å²) in [6.45, 7) is 0. The Hall–Kier alpha value is -6.39. The first-order chi connectivity index (χ1) is 23.3. The van der Waals surface area contributed by atoms with Gasteiger partial charge in [0, 0.05) is 40.0 Å². The van der Waals surface area contributed by atoms with Gasteiger partial charge in [-0.2, -0.15) is 0 Å². The van der Waals surface area contributed by atoms with Crippen LogP contribution in [0.15, 0.2) is 158 Å². The third-order valence-corrected chi connectivity index (χ3v) is 9.46. The number of rotatable bonds is 4. The summed E-state index contributed by atoms with van der Waals surface area (Å²) < 4.78 is 2.30. The van der Waals surface area contributed by atoms with E-state index in [0.717, 1.165) is 50.5 Å². The molecule has 6 aromatic carbocycles. The third-order valence-electron chi connectivity index (χ3n) is 9.46. The number of nitrogens with zero attached hydrogens (tertiary/aromatic N) is 4. The van der Waals surface area contributed by atoms with Gasteiger partial charge < -0.3 is 4.57 Å². The molecular formula is C43H26N4. The lowest BCUT2D eigenvalue weighted by atomic mass is 9.91. The number of pyridine rings is 3. The van der Waals surface area contributed by atoms with E-state index in [1.54, 1.807) is 0 Å². The molecular weight excluding hydrogens is 573 g/mol. The molecule has 0 bridgehead atoms. The third kappa shape index (κ3) is 3.98. The zero-order valence-electron chi connectivity index (χ0n) is 25.3. The number of benzene rings is 6. The van der Waals surface area contributed by atoms with E-state index in [1.807, 2.05) is 24.5 Å². The predicted molar refractivity (Wildman–Crippen MR) is 194 cm³/mol. The average molecular weight is 599 g/mol. The average Bonchev–Trinajstić information content (AvgIpc) is 3.48. The Bertz CT molecular complexity index is 2720. The summed E-state index contributed by atoms with van der Waals surface area (Å²) in [6, 6.07) is 51.5. The summed E-state index contributed by atoms with van der Waals surface area (Å²) in [4.78, 5) is 14.6. The summed E-state index contributed by atoms with van der Waals surface area (Å²) >= 11 is 0. The van der Waals surface area contributed by atoms with Crippen molar-refractivity contribution < 1.29 is 0 Å². The Kier molecular flexibility index (Phi) is 5.54. The zero-order chi connectivity index (χ0) is 30.9. The highest BCUT2D eigenvalue weighted by molar-refractivity contribution is 6.25. The van der Waals surface area contributed by atoms with Gasteiger partial charge in [-0.25, -0.2) is 9.97 Å². The lowest BCUT2D eigenvalue weighted by Crippen LogP contribution is -1.95. The zero-order valence-corrected chi connectivity index (χ0v) is 25.3. The van der Waals surface area contributed by atoms with Crippen molar-refractivity contribution in [2.24, 2.45) is 0 Å². The first-order valence-electron chi connectivity index (χ1n) is 15.9. The molecule has 0 unspecified atom stereocenters. The van der Waals surface area contributed by atoms with Gasteiger partial charge in [-0.15, -0.1) is 0 Å². The van der Waals surface area contributed by atoms with Gasteiger partial charge in [-0.1, -0.05) is 97.1 Å². The van der Waals surface area contributed by atoms with Crippen LogP contribution in [0, 0.1) is 0 Å². The van der Waals surface area contributed by atoms with E-state index >= 15 is 0 Å². The molecule has 4 heteroatoms. The molecule has 4 aromatic heterocycles. The van der Waals surface area contributed by atoms with Crippen LogP contribution in [0.25, 0.3) is 93.7 Å². The molecule has 10 rings (SSSR count). The number of hydrogen-bond acceptors (Lipinski definition) is 3. The molecule has 0 radical (unpaired) electrons. The molecule has 0 saturated carbocycles. The number of fused-ring (bicyclic) bond motifs is 3. The highest BCUT2D eigenvalue weighted by atomic mass is 15.0. The van der Waals surface area contributed by atoms with Crippen molar-refractivity contribution in [1.29, 1.82) is 0 Å². The van der Waals surface area contributed by atoms with Crippen LogP contribution in [-0.4, -0.2) is 19.5 Å². The number of aromatic nitrogens is 4. The predicted octanol–water partition coefficient (Wildman–Crippen LogP) is 10.9. The molecule has 0 atom stereocenters. The minimum absolute atomic E-state index is 0.848. The van der Waals surface area contributed by atoms with Crippen molar-refractivity contribution in [2.45, 2.75) is 0 Å². The maximum absolute atomic E-state index is 5.17. The largest absolute Gasteiger partial charge is 0.309 e. The lowest BCUT2D eigenvalue weighted by molar-refractivity contribution is 1.17. The van der Waals surface area contributed by atoms with Crippen molar-refractivity contribution >= 4 is 54.1 Å². The molecule has 4 nitrogen and oxygen atoms in total. The molecule has 0 spiro atoms. The second-order valence-electron chi connectivity index (χ2n) is 12.1. The van der Waals surface area contributed by atoms with Gasteiger partial charge in [0.25, 0.3) is 0 Å². The Morgan fingerprint density at radius 1 is 0.404 bits per heavy atom. The Balaban J connectivity index is 1.03. The first kappa shape index (κ1) is 25.9. The van der Waals surface area contributed by atoms with E-state index in [2.05, 4.69) is 143 Å². The molecule has 0 amide bonds. The van der Waals surface area contributed by atoms with Crippen molar-refractivity contribution in [3.05, 3.63) is 158 Å². The number of para-hydroxylation sites is 1. The highest BCUT2D eigenvalue weighted by Gasteiger charge is 2.15. The second kappa shape index (κ2) is 10.1. The molecule has 4 heterocycles. The topological polar surface area (TPSA) is 43.6 Å². The van der Waals surface area contributed by atoms with Gasteiger partial charge in [0.05, 0.1) is 33.8 Å². The highest BCUT2D eigenvalue weighted by Crippen LogP contribution is 2.39. The van der Waals surface area contributed by atoms with Crippen LogP contribution in [-0.2, 0) is 0 Å². The monoisotopic (exact) mass is 598 g/mol. The Morgan fingerprint density at radius 2 is 1.04 bits per heavy atom. The lowest BCUT2D eigenvalue weighted by Gasteiger charge is -2.14. The maximum Gasteiger partial charge on any atom is 0.0893 e. The molecule has 0 N–H and O–H groups in total. The van der Waals surface area contributed by atoms with Crippen molar-refractivity contribution in [3.8, 4) is 39.6 Å². The molecule has 218 valence electrons. The molecule has 0 aliphatic rings. The van der Waals surface area contributed by atoms with Crippen molar-refractivity contribution in [3.63, 3.8) is 0 Å². The Labute approximate surface area is 270 Å². The van der Waals surface area contributed by atoms with E-state index < -0.39 is 0 Å². The molecule has 0 fully saturated rings. The summed E-state index contributed by atoms with van der Waals surface area (Å²) in [5.74, 6) is 0. The smallest absolute Gasteiger partial charge is 0.0893 e. The van der Waals surface area contributed by atoms with Crippen LogP contribution in [0.3, 0.4) is 0 Å². The minimum atomic E-state index is 0.848. The summed E-state index contributed by atoms with van der Waals surface area (Å²) in [6.07, 6.45) is 3.81. The summed E-state index contributed by atoms with van der Waals surface area (Å²) in [7, 11) is 0. The van der Waals surface area contributed by atoms with Gasteiger partial charge in [-0.3, -0.25) is 4.98 Å². The fraction of sp³-hybridized carbons (Fsp3) is 0. The van der Waals surface area contributed by atoms with Crippen LogP contribution >= 0.6 is 0 Å². The first-order valence-corrected chi connectivity index (χ1v) is 15.9.